The van der Waals surface area contributed by atoms with Crippen molar-refractivity contribution in [2.75, 3.05) is 7.11 Å². The summed E-state index contributed by atoms with van der Waals surface area (Å²) in [7, 11) is 0.403. The van der Waals surface area contributed by atoms with Crippen molar-refractivity contribution in [3.8, 4) is 16.9 Å². The average Bonchev–Trinajstić information content (AvgIpc) is 2.95. The van der Waals surface area contributed by atoms with Gasteiger partial charge in [0.25, 0.3) is 0 Å². The summed E-state index contributed by atoms with van der Waals surface area (Å²) in [6.07, 6.45) is 0. The van der Waals surface area contributed by atoms with Gasteiger partial charge in [-0.15, -0.1) is 0 Å². The van der Waals surface area contributed by atoms with E-state index < -0.39 is 10.8 Å². The fourth-order valence-corrected chi connectivity index (χ4v) is 5.14. The van der Waals surface area contributed by atoms with Gasteiger partial charge >= 0.3 is 0 Å². The molecule has 26 heavy (non-hydrogen) atoms. The Labute approximate surface area is 155 Å². The molecule has 3 nitrogen and oxygen atoms in total. The lowest BCUT2D eigenvalue weighted by atomic mass is 9.95. The molecule has 1 atom stereocenters. The summed E-state index contributed by atoms with van der Waals surface area (Å²) in [5.74, 6) is 0.664. The number of carbonyl (C=O) groups is 1. The summed E-state index contributed by atoms with van der Waals surface area (Å²) in [5, 5.41) is 0. The van der Waals surface area contributed by atoms with E-state index in [0.717, 1.165) is 32.0 Å². The fourth-order valence-electron chi connectivity index (χ4n) is 3.47. The normalized spacial score (nSPS) is 14.7. The summed E-state index contributed by atoms with van der Waals surface area (Å²) in [6, 6.07) is 16.7. The van der Waals surface area contributed by atoms with Crippen LogP contribution >= 0.6 is 0 Å². The molecule has 0 N–H and O–H groups in total. The van der Waals surface area contributed by atoms with Crippen LogP contribution in [0, 0.1) is 13.8 Å². The lowest BCUT2D eigenvalue weighted by Gasteiger charge is -2.08. The van der Waals surface area contributed by atoms with Gasteiger partial charge in [0, 0.05) is 16.7 Å². The van der Waals surface area contributed by atoms with E-state index in [1.54, 1.807) is 31.4 Å². The third-order valence-electron chi connectivity index (χ3n) is 4.76. The van der Waals surface area contributed by atoms with E-state index in [9.17, 15) is 9.00 Å². The smallest absolute Gasteiger partial charge is 0.193 e. The van der Waals surface area contributed by atoms with Crippen molar-refractivity contribution < 1.29 is 13.7 Å². The zero-order valence-electron chi connectivity index (χ0n) is 14.8. The number of methoxy groups -OCH3 is 1. The number of ketones is 1. The molecule has 0 amide bonds. The van der Waals surface area contributed by atoms with Crippen molar-refractivity contribution in [3.63, 3.8) is 0 Å². The monoisotopic (exact) mass is 362 g/mol. The van der Waals surface area contributed by atoms with E-state index in [2.05, 4.69) is 0 Å². The summed E-state index contributed by atoms with van der Waals surface area (Å²) < 4.78 is 18.1. The molecule has 3 aromatic carbocycles. The highest BCUT2D eigenvalue weighted by Gasteiger charge is 2.29. The lowest BCUT2D eigenvalue weighted by molar-refractivity contribution is 0.103. The Hall–Kier alpha value is -2.72. The molecule has 1 aliphatic heterocycles. The molecule has 1 aliphatic rings. The quantitative estimate of drug-likeness (QED) is 0.497. The Kier molecular flexibility index (Phi) is 4.00. The molecule has 0 saturated heterocycles. The third kappa shape index (κ3) is 2.49. The highest BCUT2D eigenvalue weighted by molar-refractivity contribution is 7.86. The molecule has 0 saturated carbocycles. The van der Waals surface area contributed by atoms with E-state index in [4.69, 9.17) is 4.74 Å². The minimum atomic E-state index is -1.19. The van der Waals surface area contributed by atoms with Crippen molar-refractivity contribution in [3.05, 3.63) is 76.9 Å². The summed E-state index contributed by atoms with van der Waals surface area (Å²) in [6.45, 7) is 3.89. The van der Waals surface area contributed by atoms with Crippen molar-refractivity contribution in [1.82, 2.24) is 0 Å². The highest BCUT2D eigenvalue weighted by atomic mass is 32.2. The van der Waals surface area contributed by atoms with E-state index in [1.165, 1.54) is 0 Å². The maximum Gasteiger partial charge on any atom is 0.193 e. The van der Waals surface area contributed by atoms with Gasteiger partial charge in [-0.05, 0) is 66.9 Å². The Morgan fingerprint density at radius 2 is 1.54 bits per heavy atom. The van der Waals surface area contributed by atoms with Gasteiger partial charge in [0.05, 0.1) is 27.7 Å². The number of hydrogen-bond donors (Lipinski definition) is 0. The molecule has 0 bridgehead atoms. The number of carbonyl (C=O) groups excluding carboxylic acids is 1. The van der Waals surface area contributed by atoms with Crippen LogP contribution in [0.15, 0.2) is 64.4 Å². The summed E-state index contributed by atoms with van der Waals surface area (Å²) in [4.78, 5) is 14.6. The third-order valence-corrected chi connectivity index (χ3v) is 6.59. The molecule has 4 heteroatoms. The molecule has 0 aromatic heterocycles. The van der Waals surface area contributed by atoms with Crippen molar-refractivity contribution in [1.29, 1.82) is 0 Å². The van der Waals surface area contributed by atoms with Crippen LogP contribution in [-0.4, -0.2) is 17.1 Å². The second-order valence-corrected chi connectivity index (χ2v) is 7.80. The minimum absolute atomic E-state index is 0.0505. The minimum Gasteiger partial charge on any atom is -0.497 e. The zero-order valence-corrected chi connectivity index (χ0v) is 15.6. The number of benzene rings is 3. The first-order chi connectivity index (χ1) is 12.5. The maximum absolute atomic E-state index is 13.0. The van der Waals surface area contributed by atoms with Crippen LogP contribution < -0.4 is 4.74 Å². The molecule has 4 rings (SSSR count). The lowest BCUT2D eigenvalue weighted by Crippen LogP contribution is -2.03. The predicted octanol–water partition coefficient (Wildman–Crippen LogP) is 4.69. The van der Waals surface area contributed by atoms with E-state index in [0.29, 0.717) is 16.9 Å². The first kappa shape index (κ1) is 16.7. The Balaban J connectivity index is 1.84. The Morgan fingerprint density at radius 3 is 2.23 bits per heavy atom. The first-order valence-electron chi connectivity index (χ1n) is 8.36. The van der Waals surface area contributed by atoms with Crippen LogP contribution in [0.25, 0.3) is 11.1 Å². The van der Waals surface area contributed by atoms with Crippen LogP contribution in [0.5, 0.6) is 5.75 Å². The number of ether oxygens (including phenoxy) is 1. The van der Waals surface area contributed by atoms with Crippen LogP contribution in [-0.2, 0) is 10.8 Å². The van der Waals surface area contributed by atoms with Crippen LogP contribution in [0.1, 0.15) is 27.0 Å². The van der Waals surface area contributed by atoms with E-state index in [1.807, 2.05) is 44.2 Å². The maximum atomic E-state index is 13.0. The van der Waals surface area contributed by atoms with Gasteiger partial charge < -0.3 is 4.74 Å². The molecule has 3 aromatic rings. The fraction of sp³-hybridized carbons (Fsp3) is 0.136. The highest BCUT2D eigenvalue weighted by Crippen LogP contribution is 2.44. The second kappa shape index (κ2) is 6.22. The van der Waals surface area contributed by atoms with E-state index >= 15 is 0 Å². The van der Waals surface area contributed by atoms with Crippen LogP contribution in [0.3, 0.4) is 0 Å². The topological polar surface area (TPSA) is 43.4 Å². The Morgan fingerprint density at radius 1 is 0.846 bits per heavy atom. The Bertz CT molecular complexity index is 1070. The molecule has 0 radical (unpaired) electrons. The van der Waals surface area contributed by atoms with Crippen molar-refractivity contribution in [2.45, 2.75) is 23.6 Å². The number of aryl methyl sites for hydroxylation is 2. The molecule has 0 aliphatic carbocycles. The van der Waals surface area contributed by atoms with Gasteiger partial charge in [-0.3, -0.25) is 4.79 Å². The van der Waals surface area contributed by atoms with Crippen molar-refractivity contribution >= 4 is 16.6 Å². The summed E-state index contributed by atoms with van der Waals surface area (Å²) in [5.41, 5.74) is 4.98. The molecular formula is C22H18O3S. The summed E-state index contributed by atoms with van der Waals surface area (Å²) >= 11 is 0. The molecule has 0 fully saturated rings. The van der Waals surface area contributed by atoms with Crippen molar-refractivity contribution in [2.24, 2.45) is 0 Å². The van der Waals surface area contributed by atoms with Gasteiger partial charge in [0.1, 0.15) is 5.75 Å². The molecule has 1 unspecified atom stereocenters. The molecule has 0 spiro atoms. The van der Waals surface area contributed by atoms with Gasteiger partial charge in [0.2, 0.25) is 0 Å². The number of fused-ring (bicyclic) bond motifs is 3. The van der Waals surface area contributed by atoms with Gasteiger partial charge in [-0.1, -0.05) is 18.2 Å². The largest absolute Gasteiger partial charge is 0.497 e. The zero-order chi connectivity index (χ0) is 18.4. The SMILES string of the molecule is COc1ccc(C(=O)c2cc(C)c3c(c2)-c2cccc(C)c2S3=O)cc1. The van der Waals surface area contributed by atoms with Gasteiger partial charge in [-0.2, -0.15) is 0 Å². The average molecular weight is 362 g/mol. The van der Waals surface area contributed by atoms with Crippen LogP contribution in [0.2, 0.25) is 0 Å². The van der Waals surface area contributed by atoms with Gasteiger partial charge in [-0.25, -0.2) is 4.21 Å². The second-order valence-electron chi connectivity index (χ2n) is 6.45. The van der Waals surface area contributed by atoms with E-state index in [-0.39, 0.29) is 5.78 Å². The standard InChI is InChI=1S/C22H18O3S/c1-13-5-4-6-18-19-12-16(11-14(2)22(19)26(24)21(13)18)20(23)15-7-9-17(25-3)10-8-15/h4-12H,1-3H3. The first-order valence-corrected chi connectivity index (χ1v) is 9.51. The molecule has 130 valence electrons. The van der Waals surface area contributed by atoms with Gasteiger partial charge in [0.15, 0.2) is 5.78 Å². The molecule has 1 heterocycles. The molecular weight excluding hydrogens is 344 g/mol. The number of rotatable bonds is 3. The predicted molar refractivity (Wildman–Crippen MR) is 102 cm³/mol. The van der Waals surface area contributed by atoms with Crippen LogP contribution in [0.4, 0.5) is 0 Å². The number of hydrogen-bond acceptors (Lipinski definition) is 3.